The molecule has 0 radical (unpaired) electrons. The van der Waals surface area contributed by atoms with Gasteiger partial charge in [-0.15, -0.1) is 0 Å². The Hall–Kier alpha value is -2.24. The molecule has 6 heteroatoms. The zero-order valence-electron chi connectivity index (χ0n) is 9.23. The summed E-state index contributed by atoms with van der Waals surface area (Å²) >= 11 is 0. The molecule has 0 aliphatic carbocycles. The molecule has 1 heterocycles. The van der Waals surface area contributed by atoms with E-state index in [9.17, 15) is 9.59 Å². The molecule has 2 amide bonds. The molecule has 0 aromatic heterocycles. The van der Waals surface area contributed by atoms with E-state index in [1.54, 1.807) is 31.4 Å². The van der Waals surface area contributed by atoms with Gasteiger partial charge in [0.1, 0.15) is 18.4 Å². The van der Waals surface area contributed by atoms with Crippen molar-refractivity contribution in [2.24, 2.45) is 0 Å². The standard InChI is InChI=1S/C11H12N2O4/c1-16-8-4-2-7(3-5-8)12-10(14)9-6-17-11(15)13-9/h2-5,9H,6H2,1H3,(H,12,14)(H,13,15). The van der Waals surface area contributed by atoms with E-state index in [-0.39, 0.29) is 12.5 Å². The SMILES string of the molecule is COc1ccc(NC(=O)C2COC(=O)N2)cc1. The largest absolute Gasteiger partial charge is 0.497 e. The lowest BCUT2D eigenvalue weighted by molar-refractivity contribution is -0.117. The van der Waals surface area contributed by atoms with E-state index in [1.807, 2.05) is 0 Å². The Bertz CT molecular complexity index is 430. The number of rotatable bonds is 3. The number of anilines is 1. The van der Waals surface area contributed by atoms with Gasteiger partial charge in [-0.25, -0.2) is 4.79 Å². The number of alkyl carbamates (subject to hydrolysis) is 1. The van der Waals surface area contributed by atoms with Crippen molar-refractivity contribution in [2.75, 3.05) is 19.0 Å². The molecule has 1 unspecified atom stereocenters. The number of carbonyl (C=O) groups is 2. The Balaban J connectivity index is 1.95. The van der Waals surface area contributed by atoms with Crippen molar-refractivity contribution >= 4 is 17.7 Å². The number of carbonyl (C=O) groups excluding carboxylic acids is 2. The molecule has 1 fully saturated rings. The van der Waals surface area contributed by atoms with Crippen LogP contribution in [-0.2, 0) is 9.53 Å². The number of nitrogens with one attached hydrogen (secondary N) is 2. The number of ether oxygens (including phenoxy) is 2. The second-order valence-corrected chi connectivity index (χ2v) is 3.51. The van der Waals surface area contributed by atoms with Gasteiger partial charge in [0.25, 0.3) is 5.91 Å². The van der Waals surface area contributed by atoms with Gasteiger partial charge in [-0.3, -0.25) is 4.79 Å². The predicted octanol–water partition coefficient (Wildman–Crippen LogP) is 0.742. The number of methoxy groups -OCH3 is 1. The Morgan fingerprint density at radius 1 is 1.47 bits per heavy atom. The maximum atomic E-state index is 11.7. The van der Waals surface area contributed by atoms with Gasteiger partial charge in [-0.1, -0.05) is 0 Å². The second-order valence-electron chi connectivity index (χ2n) is 3.51. The monoisotopic (exact) mass is 236 g/mol. The molecule has 1 atom stereocenters. The summed E-state index contributed by atoms with van der Waals surface area (Å²) in [5, 5.41) is 5.07. The topological polar surface area (TPSA) is 76.7 Å². The summed E-state index contributed by atoms with van der Waals surface area (Å²) < 4.78 is 9.63. The highest BCUT2D eigenvalue weighted by molar-refractivity contribution is 5.97. The number of cyclic esters (lactones) is 1. The summed E-state index contributed by atoms with van der Waals surface area (Å²) in [5.41, 5.74) is 0.636. The van der Waals surface area contributed by atoms with Gasteiger partial charge in [0.05, 0.1) is 7.11 Å². The molecule has 6 nitrogen and oxygen atoms in total. The van der Waals surface area contributed by atoms with Crippen LogP contribution < -0.4 is 15.4 Å². The fourth-order valence-electron chi connectivity index (χ4n) is 1.43. The minimum Gasteiger partial charge on any atom is -0.497 e. The third-order valence-corrected chi connectivity index (χ3v) is 2.35. The zero-order chi connectivity index (χ0) is 12.3. The highest BCUT2D eigenvalue weighted by Gasteiger charge is 2.28. The van der Waals surface area contributed by atoms with Crippen molar-refractivity contribution in [3.63, 3.8) is 0 Å². The number of hydrogen-bond acceptors (Lipinski definition) is 4. The van der Waals surface area contributed by atoms with Crippen LogP contribution in [0.4, 0.5) is 10.5 Å². The van der Waals surface area contributed by atoms with E-state index >= 15 is 0 Å². The molecule has 1 aromatic rings. The van der Waals surface area contributed by atoms with Crippen LogP contribution in [0.1, 0.15) is 0 Å². The summed E-state index contributed by atoms with van der Waals surface area (Å²) in [5.74, 6) is 0.404. The van der Waals surface area contributed by atoms with E-state index in [4.69, 9.17) is 4.74 Å². The molecule has 1 aliphatic heterocycles. The van der Waals surface area contributed by atoms with Gasteiger partial charge in [0.2, 0.25) is 0 Å². The first-order chi connectivity index (χ1) is 8.19. The maximum Gasteiger partial charge on any atom is 0.407 e. The fourth-order valence-corrected chi connectivity index (χ4v) is 1.43. The molecule has 17 heavy (non-hydrogen) atoms. The first-order valence-corrected chi connectivity index (χ1v) is 5.07. The third kappa shape index (κ3) is 2.66. The third-order valence-electron chi connectivity index (χ3n) is 2.35. The van der Waals surface area contributed by atoms with E-state index in [2.05, 4.69) is 15.4 Å². The molecule has 0 bridgehead atoms. The van der Waals surface area contributed by atoms with Crippen LogP contribution in [-0.4, -0.2) is 31.8 Å². The van der Waals surface area contributed by atoms with E-state index in [0.717, 1.165) is 0 Å². The molecule has 1 aliphatic rings. The Kier molecular flexibility index (Phi) is 3.13. The lowest BCUT2D eigenvalue weighted by Gasteiger charge is -2.09. The Morgan fingerprint density at radius 2 is 2.18 bits per heavy atom. The number of amides is 2. The van der Waals surface area contributed by atoms with Crippen LogP contribution in [0.25, 0.3) is 0 Å². The Morgan fingerprint density at radius 3 is 2.71 bits per heavy atom. The van der Waals surface area contributed by atoms with Gasteiger partial charge in [-0.2, -0.15) is 0 Å². The highest BCUT2D eigenvalue weighted by Crippen LogP contribution is 2.15. The smallest absolute Gasteiger partial charge is 0.407 e. The summed E-state index contributed by atoms with van der Waals surface area (Å²) in [7, 11) is 1.57. The van der Waals surface area contributed by atoms with Crippen molar-refractivity contribution < 1.29 is 19.1 Å². The van der Waals surface area contributed by atoms with Crippen LogP contribution >= 0.6 is 0 Å². The highest BCUT2D eigenvalue weighted by atomic mass is 16.6. The lowest BCUT2D eigenvalue weighted by Crippen LogP contribution is -2.38. The minimum atomic E-state index is -0.635. The molecule has 0 saturated carbocycles. The van der Waals surface area contributed by atoms with Gasteiger partial charge >= 0.3 is 6.09 Å². The van der Waals surface area contributed by atoms with Gasteiger partial charge in [0.15, 0.2) is 0 Å². The predicted molar refractivity (Wildman–Crippen MR) is 59.9 cm³/mol. The molecule has 90 valence electrons. The normalized spacial score (nSPS) is 18.2. The number of hydrogen-bond donors (Lipinski definition) is 2. The first kappa shape index (κ1) is 11.3. The minimum absolute atomic E-state index is 0.0564. The van der Waals surface area contributed by atoms with Crippen LogP contribution in [0.15, 0.2) is 24.3 Å². The average Bonchev–Trinajstić information content (AvgIpc) is 2.77. The van der Waals surface area contributed by atoms with Crippen LogP contribution in [0.3, 0.4) is 0 Å². The van der Waals surface area contributed by atoms with Gasteiger partial charge < -0.3 is 20.1 Å². The van der Waals surface area contributed by atoms with Crippen LogP contribution in [0, 0.1) is 0 Å². The molecule has 1 saturated heterocycles. The lowest BCUT2D eigenvalue weighted by atomic mass is 10.2. The molecular weight excluding hydrogens is 224 g/mol. The second kappa shape index (κ2) is 4.73. The summed E-state index contributed by atoms with van der Waals surface area (Å²) in [6, 6.07) is 6.27. The Labute approximate surface area is 97.9 Å². The van der Waals surface area contributed by atoms with E-state index in [1.165, 1.54) is 0 Å². The van der Waals surface area contributed by atoms with Crippen molar-refractivity contribution in [1.29, 1.82) is 0 Å². The molecule has 0 spiro atoms. The quantitative estimate of drug-likeness (QED) is 0.811. The average molecular weight is 236 g/mol. The summed E-state index contributed by atoms with van der Waals surface area (Å²) in [4.78, 5) is 22.4. The zero-order valence-corrected chi connectivity index (χ0v) is 9.23. The van der Waals surface area contributed by atoms with Gasteiger partial charge in [0, 0.05) is 5.69 Å². The molecular formula is C11H12N2O4. The number of benzene rings is 1. The first-order valence-electron chi connectivity index (χ1n) is 5.07. The summed E-state index contributed by atoms with van der Waals surface area (Å²) in [6.45, 7) is 0.0564. The van der Waals surface area contributed by atoms with Crippen LogP contribution in [0.2, 0.25) is 0 Å². The van der Waals surface area contributed by atoms with Crippen molar-refractivity contribution in [3.8, 4) is 5.75 Å². The maximum absolute atomic E-state index is 11.7. The molecule has 2 N–H and O–H groups in total. The molecule has 1 aromatic carbocycles. The van der Waals surface area contributed by atoms with Crippen molar-refractivity contribution in [1.82, 2.24) is 5.32 Å². The molecule has 2 rings (SSSR count). The fraction of sp³-hybridized carbons (Fsp3) is 0.273. The summed E-state index contributed by atoms with van der Waals surface area (Å²) in [6.07, 6.45) is -0.570. The van der Waals surface area contributed by atoms with Crippen LogP contribution in [0.5, 0.6) is 5.75 Å². The van der Waals surface area contributed by atoms with Crippen molar-refractivity contribution in [3.05, 3.63) is 24.3 Å². The van der Waals surface area contributed by atoms with Crippen molar-refractivity contribution in [2.45, 2.75) is 6.04 Å². The van der Waals surface area contributed by atoms with E-state index < -0.39 is 12.1 Å². The van der Waals surface area contributed by atoms with Gasteiger partial charge in [-0.05, 0) is 24.3 Å². The van der Waals surface area contributed by atoms with E-state index in [0.29, 0.717) is 11.4 Å².